The quantitative estimate of drug-likeness (QED) is 0.278. The fraction of sp³-hybridized carbons (Fsp3) is 0.576. The molecule has 2 amide bonds. The third kappa shape index (κ3) is 8.20. The summed E-state index contributed by atoms with van der Waals surface area (Å²) in [5, 5.41) is 19.1. The highest BCUT2D eigenvalue weighted by Crippen LogP contribution is 2.39. The summed E-state index contributed by atoms with van der Waals surface area (Å²) < 4.78 is 48.8. The minimum atomic E-state index is -3.42. The standard InChI is InChI=1S/C33H44ClFN4O6S/c1-20(2)29-17-22(14-15-45-29)30(21-8-10-23(34)11-9-21)31(38-33(41)42)32(40)37-28-7-3-6-27(35)26(28)13-12-25-18-36-24-5-4-16-46(43,44)39(25)19-24/h3,6-11,20,22,24-25,29-31,36,38H,4-5,12-19H2,1-2H3,(H,37,40)(H,41,42). The zero-order valence-electron chi connectivity index (χ0n) is 26.3. The average Bonchev–Trinajstić information content (AvgIpc) is 3.13. The van der Waals surface area contributed by atoms with Gasteiger partial charge in [-0.15, -0.1) is 0 Å². The number of carbonyl (C=O) groups is 2. The topological polar surface area (TPSA) is 137 Å². The Morgan fingerprint density at radius 2 is 1.93 bits per heavy atom. The zero-order chi connectivity index (χ0) is 33.0. The smallest absolute Gasteiger partial charge is 0.405 e. The molecule has 2 aromatic carbocycles. The van der Waals surface area contributed by atoms with Gasteiger partial charge in [0.05, 0.1) is 11.9 Å². The van der Waals surface area contributed by atoms with Gasteiger partial charge in [-0.25, -0.2) is 17.6 Å². The second kappa shape index (κ2) is 15.0. The van der Waals surface area contributed by atoms with Crippen molar-refractivity contribution in [3.8, 4) is 0 Å². The molecule has 10 nitrogen and oxygen atoms in total. The molecule has 0 aromatic heterocycles. The molecule has 13 heteroatoms. The highest BCUT2D eigenvalue weighted by molar-refractivity contribution is 7.89. The van der Waals surface area contributed by atoms with E-state index in [1.165, 1.54) is 12.1 Å². The van der Waals surface area contributed by atoms with E-state index in [1.807, 2.05) is 12.1 Å². The number of carbonyl (C=O) groups excluding carboxylic acids is 1. The zero-order valence-corrected chi connectivity index (χ0v) is 27.8. The molecule has 3 saturated heterocycles. The summed E-state index contributed by atoms with van der Waals surface area (Å²) in [6, 6.07) is 10.00. The summed E-state index contributed by atoms with van der Waals surface area (Å²) in [6.07, 6.45) is 1.79. The molecule has 2 bridgehead atoms. The summed E-state index contributed by atoms with van der Waals surface area (Å²) in [6.45, 7) is 5.48. The minimum Gasteiger partial charge on any atom is -0.465 e. The van der Waals surface area contributed by atoms with Crippen molar-refractivity contribution in [2.45, 2.75) is 82.5 Å². The van der Waals surface area contributed by atoms with Crippen molar-refractivity contribution in [3.05, 3.63) is 64.4 Å². The first-order valence-corrected chi connectivity index (χ1v) is 18.1. The molecule has 3 aliphatic rings. The molecular formula is C33H44ClFN4O6S. The monoisotopic (exact) mass is 678 g/mol. The molecule has 0 spiro atoms. The highest BCUT2D eigenvalue weighted by Gasteiger charge is 2.41. The molecule has 4 N–H and O–H groups in total. The Morgan fingerprint density at radius 3 is 2.65 bits per heavy atom. The molecule has 3 aliphatic heterocycles. The molecule has 3 heterocycles. The highest BCUT2D eigenvalue weighted by atomic mass is 35.5. The molecule has 7 atom stereocenters. The number of benzene rings is 2. The number of amides is 2. The lowest BCUT2D eigenvalue weighted by molar-refractivity contribution is -0.119. The number of sulfonamides is 1. The van der Waals surface area contributed by atoms with Gasteiger partial charge in [0.1, 0.15) is 11.9 Å². The van der Waals surface area contributed by atoms with Crippen LogP contribution in [0.5, 0.6) is 0 Å². The van der Waals surface area contributed by atoms with Gasteiger partial charge >= 0.3 is 6.09 Å². The van der Waals surface area contributed by atoms with E-state index < -0.39 is 39.8 Å². The van der Waals surface area contributed by atoms with E-state index >= 15 is 4.39 Å². The molecule has 0 aliphatic carbocycles. The van der Waals surface area contributed by atoms with Gasteiger partial charge in [-0.1, -0.05) is 43.6 Å². The molecule has 2 aromatic rings. The number of piperazine rings is 1. The van der Waals surface area contributed by atoms with Crippen molar-refractivity contribution < 1.29 is 32.2 Å². The molecule has 5 rings (SSSR count). The SMILES string of the molecule is CC(C)C1CC(C(c2ccc(Cl)cc2)C(NC(=O)O)C(=O)Nc2cccc(F)c2CCC2CNC3CCCS(=O)(=O)N2C3)CCO1. The van der Waals surface area contributed by atoms with Crippen molar-refractivity contribution in [1.82, 2.24) is 14.9 Å². The maximum atomic E-state index is 15.4. The van der Waals surface area contributed by atoms with E-state index in [-0.39, 0.29) is 53.4 Å². The van der Waals surface area contributed by atoms with Crippen LogP contribution in [0.2, 0.25) is 5.02 Å². The molecule has 3 fully saturated rings. The number of halogens is 2. The predicted octanol–water partition coefficient (Wildman–Crippen LogP) is 4.99. The molecule has 46 heavy (non-hydrogen) atoms. The van der Waals surface area contributed by atoms with Crippen molar-refractivity contribution >= 4 is 39.3 Å². The Hall–Kier alpha value is -2.77. The van der Waals surface area contributed by atoms with E-state index in [0.29, 0.717) is 50.4 Å². The molecule has 0 saturated carbocycles. The lowest BCUT2D eigenvalue weighted by Gasteiger charge is -2.39. The van der Waals surface area contributed by atoms with Crippen LogP contribution >= 0.6 is 11.6 Å². The van der Waals surface area contributed by atoms with Crippen molar-refractivity contribution in [2.24, 2.45) is 11.8 Å². The van der Waals surface area contributed by atoms with E-state index in [0.717, 1.165) is 12.0 Å². The summed E-state index contributed by atoms with van der Waals surface area (Å²) in [7, 11) is -3.42. The van der Waals surface area contributed by atoms with E-state index in [9.17, 15) is 23.1 Å². The molecule has 252 valence electrons. The number of anilines is 1. The summed E-state index contributed by atoms with van der Waals surface area (Å²) in [5.41, 5.74) is 1.23. The van der Waals surface area contributed by atoms with Gasteiger partial charge < -0.3 is 25.8 Å². The van der Waals surface area contributed by atoms with Crippen LogP contribution in [0.4, 0.5) is 14.9 Å². The fourth-order valence-electron chi connectivity index (χ4n) is 7.22. The molecular weight excluding hydrogens is 635 g/mol. The molecule has 0 radical (unpaired) electrons. The lowest BCUT2D eigenvalue weighted by atomic mass is 9.74. The second-order valence-corrected chi connectivity index (χ2v) is 15.5. The molecule has 7 unspecified atom stereocenters. The van der Waals surface area contributed by atoms with Gasteiger partial charge in [-0.05, 0) is 80.2 Å². The van der Waals surface area contributed by atoms with Gasteiger partial charge in [0.2, 0.25) is 15.9 Å². The van der Waals surface area contributed by atoms with Gasteiger partial charge in [-0.3, -0.25) is 4.79 Å². The number of nitrogens with one attached hydrogen (secondary N) is 3. The largest absolute Gasteiger partial charge is 0.465 e. The van der Waals surface area contributed by atoms with Crippen LogP contribution in [0.15, 0.2) is 42.5 Å². The minimum absolute atomic E-state index is 0.0468. The normalized spacial score (nSPS) is 27.3. The number of nitrogens with zero attached hydrogens (tertiary/aromatic N) is 1. The summed E-state index contributed by atoms with van der Waals surface area (Å²) in [5.74, 6) is -1.45. The maximum absolute atomic E-state index is 15.4. The van der Waals surface area contributed by atoms with E-state index in [2.05, 4.69) is 29.8 Å². The average molecular weight is 679 g/mol. The summed E-state index contributed by atoms with van der Waals surface area (Å²) >= 11 is 6.19. The maximum Gasteiger partial charge on any atom is 0.405 e. The second-order valence-electron chi connectivity index (χ2n) is 13.0. The van der Waals surface area contributed by atoms with Crippen molar-refractivity contribution in [1.29, 1.82) is 0 Å². The Balaban J connectivity index is 1.41. The fourth-order valence-corrected chi connectivity index (χ4v) is 9.15. The first-order valence-electron chi connectivity index (χ1n) is 16.1. The lowest BCUT2D eigenvalue weighted by Crippen LogP contribution is -2.57. The van der Waals surface area contributed by atoms with Crippen molar-refractivity contribution in [2.75, 3.05) is 30.8 Å². The third-order valence-corrected chi connectivity index (χ3v) is 11.9. The van der Waals surface area contributed by atoms with Crippen LogP contribution in [-0.2, 0) is 26.0 Å². The Kier molecular flexibility index (Phi) is 11.3. The van der Waals surface area contributed by atoms with Crippen LogP contribution in [0, 0.1) is 17.7 Å². The number of carboxylic acid groups (broad SMARTS) is 1. The van der Waals surface area contributed by atoms with Gasteiger partial charge in [-0.2, -0.15) is 4.31 Å². The van der Waals surface area contributed by atoms with E-state index in [4.69, 9.17) is 16.3 Å². The number of hydrogen-bond acceptors (Lipinski definition) is 6. The first-order chi connectivity index (χ1) is 21.9. The Bertz CT molecular complexity index is 1490. The number of ether oxygens (including phenoxy) is 1. The van der Waals surface area contributed by atoms with E-state index in [1.54, 1.807) is 22.5 Å². The Labute approximate surface area is 275 Å². The van der Waals surface area contributed by atoms with Gasteiger partial charge in [0, 0.05) is 54.0 Å². The van der Waals surface area contributed by atoms with Crippen LogP contribution in [-0.4, -0.2) is 79.5 Å². The van der Waals surface area contributed by atoms with Gasteiger partial charge in [0.25, 0.3) is 0 Å². The Morgan fingerprint density at radius 1 is 1.17 bits per heavy atom. The first kappa shape index (κ1) is 34.6. The van der Waals surface area contributed by atoms with Crippen LogP contribution in [0.3, 0.4) is 0 Å². The van der Waals surface area contributed by atoms with Crippen LogP contribution < -0.4 is 16.0 Å². The van der Waals surface area contributed by atoms with Crippen LogP contribution in [0.25, 0.3) is 0 Å². The number of hydrogen-bond donors (Lipinski definition) is 4. The van der Waals surface area contributed by atoms with Crippen molar-refractivity contribution in [3.63, 3.8) is 0 Å². The van der Waals surface area contributed by atoms with Crippen LogP contribution in [0.1, 0.15) is 63.0 Å². The predicted molar refractivity (Wildman–Crippen MR) is 175 cm³/mol. The summed E-state index contributed by atoms with van der Waals surface area (Å²) in [4.78, 5) is 26.2. The number of fused-ring (bicyclic) bond motifs is 2. The van der Waals surface area contributed by atoms with Gasteiger partial charge in [0.15, 0.2) is 0 Å². The number of rotatable bonds is 10. The third-order valence-electron chi connectivity index (χ3n) is 9.65.